The van der Waals surface area contributed by atoms with Crippen molar-refractivity contribution >= 4 is 5.91 Å². The van der Waals surface area contributed by atoms with Gasteiger partial charge in [0.2, 0.25) is 0 Å². The van der Waals surface area contributed by atoms with Crippen molar-refractivity contribution < 1.29 is 13.6 Å². The number of rotatable bonds is 5. The highest BCUT2D eigenvalue weighted by Gasteiger charge is 2.29. The molecule has 0 radical (unpaired) electrons. The molecule has 1 aliphatic heterocycles. The van der Waals surface area contributed by atoms with Crippen LogP contribution in [0.25, 0.3) is 5.69 Å². The Labute approximate surface area is 186 Å². The molecule has 1 N–H and O–H groups in total. The molecule has 2 heterocycles. The second-order valence-corrected chi connectivity index (χ2v) is 8.67. The summed E-state index contributed by atoms with van der Waals surface area (Å²) in [5, 5.41) is 7.70. The van der Waals surface area contributed by atoms with Crippen LogP contribution in [0.1, 0.15) is 46.6 Å². The molecule has 7 heteroatoms. The van der Waals surface area contributed by atoms with E-state index >= 15 is 0 Å². The van der Waals surface area contributed by atoms with Crippen LogP contribution in [0.5, 0.6) is 0 Å². The third kappa shape index (κ3) is 4.17. The van der Waals surface area contributed by atoms with Crippen molar-refractivity contribution in [3.05, 3.63) is 82.7 Å². The first-order valence-corrected chi connectivity index (χ1v) is 11.2. The number of nitrogens with one attached hydrogen (secondary N) is 1. The van der Waals surface area contributed by atoms with E-state index in [1.807, 2.05) is 18.2 Å². The lowest BCUT2D eigenvalue weighted by molar-refractivity contribution is 0.0894. The van der Waals surface area contributed by atoms with Crippen LogP contribution in [0.3, 0.4) is 0 Å². The molecule has 0 saturated carbocycles. The summed E-state index contributed by atoms with van der Waals surface area (Å²) in [4.78, 5) is 15.5. The molecule has 1 unspecified atom stereocenters. The summed E-state index contributed by atoms with van der Waals surface area (Å²) in [7, 11) is 0. The Morgan fingerprint density at radius 3 is 2.72 bits per heavy atom. The Kier molecular flexibility index (Phi) is 5.74. The number of nitrogens with zero attached hydrogens (tertiary/aromatic N) is 3. The van der Waals surface area contributed by atoms with Crippen LogP contribution >= 0.6 is 0 Å². The number of benzene rings is 2. The van der Waals surface area contributed by atoms with Crippen molar-refractivity contribution in [2.75, 3.05) is 13.1 Å². The number of carbonyl (C=O) groups is 1. The average Bonchev–Trinajstić information content (AvgIpc) is 3.40. The highest BCUT2D eigenvalue weighted by molar-refractivity contribution is 5.94. The first-order valence-electron chi connectivity index (χ1n) is 11.2. The average molecular weight is 437 g/mol. The maximum atomic E-state index is 13.8. The summed E-state index contributed by atoms with van der Waals surface area (Å²) in [5.41, 5.74) is 3.94. The molecule has 0 spiro atoms. The van der Waals surface area contributed by atoms with Gasteiger partial charge in [-0.1, -0.05) is 30.3 Å². The van der Waals surface area contributed by atoms with E-state index in [2.05, 4.69) is 27.4 Å². The summed E-state index contributed by atoms with van der Waals surface area (Å²) < 4.78 is 28.8. The lowest BCUT2D eigenvalue weighted by Crippen LogP contribution is -2.47. The fourth-order valence-electron chi connectivity index (χ4n) is 4.86. The fraction of sp³-hybridized carbons (Fsp3) is 0.360. The van der Waals surface area contributed by atoms with Gasteiger partial charge < -0.3 is 5.32 Å². The standard InChI is InChI=1S/C25H26F2N4O/c26-21-12-11-19(14-22(21)27)31-23-10-4-9-20(23)24(29-31)25(32)28-18-8-5-13-30(16-18)15-17-6-2-1-3-7-17/h1-3,6-7,11-12,14,18H,4-5,8-10,13,15-16H2,(H,28,32). The zero-order valence-corrected chi connectivity index (χ0v) is 17.9. The van der Waals surface area contributed by atoms with Crippen LogP contribution in [0.15, 0.2) is 48.5 Å². The second-order valence-electron chi connectivity index (χ2n) is 8.67. The molecule has 2 aromatic carbocycles. The lowest BCUT2D eigenvalue weighted by Gasteiger charge is -2.33. The van der Waals surface area contributed by atoms with Gasteiger partial charge in [-0.25, -0.2) is 13.5 Å². The van der Waals surface area contributed by atoms with E-state index < -0.39 is 11.6 Å². The Morgan fingerprint density at radius 2 is 1.91 bits per heavy atom. The van der Waals surface area contributed by atoms with Crippen LogP contribution < -0.4 is 5.32 Å². The summed E-state index contributed by atoms with van der Waals surface area (Å²) >= 11 is 0. The van der Waals surface area contributed by atoms with E-state index in [1.54, 1.807) is 4.68 Å². The van der Waals surface area contributed by atoms with Crippen LogP contribution in [-0.4, -0.2) is 39.7 Å². The molecule has 5 nitrogen and oxygen atoms in total. The SMILES string of the molecule is O=C(NC1CCCN(Cc2ccccc2)C1)c1nn(-c2ccc(F)c(F)c2)c2c1CCC2. The van der Waals surface area contributed by atoms with Crippen molar-refractivity contribution in [3.8, 4) is 5.69 Å². The maximum absolute atomic E-state index is 13.8. The zero-order valence-electron chi connectivity index (χ0n) is 17.9. The molecule has 2 aliphatic rings. The molecule has 32 heavy (non-hydrogen) atoms. The molecular formula is C25H26F2N4O. The van der Waals surface area contributed by atoms with Crippen molar-refractivity contribution in [3.63, 3.8) is 0 Å². The summed E-state index contributed by atoms with van der Waals surface area (Å²) in [5.74, 6) is -2.00. The van der Waals surface area contributed by atoms with Gasteiger partial charge in [-0.05, 0) is 56.3 Å². The molecule has 1 fully saturated rings. The number of halogens is 2. The van der Waals surface area contributed by atoms with Crippen LogP contribution in [0.4, 0.5) is 8.78 Å². The van der Waals surface area contributed by atoms with Gasteiger partial charge in [-0.3, -0.25) is 9.69 Å². The number of hydrogen-bond donors (Lipinski definition) is 1. The quantitative estimate of drug-likeness (QED) is 0.657. The number of hydrogen-bond acceptors (Lipinski definition) is 3. The van der Waals surface area contributed by atoms with Crippen LogP contribution in [0.2, 0.25) is 0 Å². The first kappa shape index (κ1) is 20.8. The highest BCUT2D eigenvalue weighted by Crippen LogP contribution is 2.28. The molecule has 1 saturated heterocycles. The Morgan fingerprint density at radius 1 is 1.06 bits per heavy atom. The molecule has 1 aliphatic carbocycles. The number of likely N-dealkylation sites (tertiary alicyclic amines) is 1. The molecule has 0 bridgehead atoms. The molecule has 1 amide bonds. The predicted molar refractivity (Wildman–Crippen MR) is 118 cm³/mol. The van der Waals surface area contributed by atoms with Gasteiger partial charge in [0.25, 0.3) is 5.91 Å². The minimum Gasteiger partial charge on any atom is -0.347 e. The normalized spacial score (nSPS) is 18.5. The summed E-state index contributed by atoms with van der Waals surface area (Å²) in [6, 6.07) is 14.1. The monoisotopic (exact) mass is 436 g/mol. The van der Waals surface area contributed by atoms with Gasteiger partial charge in [0.05, 0.1) is 5.69 Å². The number of carbonyl (C=O) groups excluding carboxylic acids is 1. The second kappa shape index (κ2) is 8.82. The fourth-order valence-corrected chi connectivity index (χ4v) is 4.86. The molecule has 1 aromatic heterocycles. The highest BCUT2D eigenvalue weighted by atomic mass is 19.2. The largest absolute Gasteiger partial charge is 0.347 e. The molecule has 3 aromatic rings. The zero-order chi connectivity index (χ0) is 22.1. The number of aromatic nitrogens is 2. The van der Waals surface area contributed by atoms with Crippen molar-refractivity contribution in [2.45, 2.75) is 44.7 Å². The van der Waals surface area contributed by atoms with E-state index in [-0.39, 0.29) is 11.9 Å². The van der Waals surface area contributed by atoms with Crippen molar-refractivity contribution in [1.29, 1.82) is 0 Å². The van der Waals surface area contributed by atoms with Gasteiger partial charge >= 0.3 is 0 Å². The smallest absolute Gasteiger partial charge is 0.272 e. The Hall–Kier alpha value is -3.06. The topological polar surface area (TPSA) is 50.2 Å². The number of piperidine rings is 1. The first-order chi connectivity index (χ1) is 15.6. The van der Waals surface area contributed by atoms with E-state index in [4.69, 9.17) is 0 Å². The molecule has 166 valence electrons. The van der Waals surface area contributed by atoms with Gasteiger partial charge in [0.15, 0.2) is 17.3 Å². The molecular weight excluding hydrogens is 410 g/mol. The minimum atomic E-state index is -0.920. The number of fused-ring (bicyclic) bond motifs is 1. The van der Waals surface area contributed by atoms with Crippen molar-refractivity contribution in [2.24, 2.45) is 0 Å². The van der Waals surface area contributed by atoms with E-state index in [9.17, 15) is 13.6 Å². The third-order valence-corrected chi connectivity index (χ3v) is 6.38. The minimum absolute atomic E-state index is 0.0606. The Balaban J connectivity index is 1.32. The van der Waals surface area contributed by atoms with E-state index in [0.29, 0.717) is 11.4 Å². The van der Waals surface area contributed by atoms with E-state index in [1.165, 1.54) is 11.6 Å². The lowest BCUT2D eigenvalue weighted by atomic mass is 10.0. The third-order valence-electron chi connectivity index (χ3n) is 6.38. The molecule has 1 atom stereocenters. The summed E-state index contributed by atoms with van der Waals surface area (Å²) in [6.07, 6.45) is 4.42. The van der Waals surface area contributed by atoms with Gasteiger partial charge in [-0.15, -0.1) is 0 Å². The predicted octanol–water partition coefficient (Wildman–Crippen LogP) is 4.03. The van der Waals surface area contributed by atoms with Crippen molar-refractivity contribution in [1.82, 2.24) is 20.0 Å². The van der Waals surface area contributed by atoms with Crippen LogP contribution in [0, 0.1) is 11.6 Å². The van der Waals surface area contributed by atoms with Crippen LogP contribution in [-0.2, 0) is 19.4 Å². The van der Waals surface area contributed by atoms with Gasteiger partial charge in [-0.2, -0.15) is 5.10 Å². The summed E-state index contributed by atoms with van der Waals surface area (Å²) in [6.45, 7) is 2.68. The van der Waals surface area contributed by atoms with Gasteiger partial charge in [0.1, 0.15) is 0 Å². The molecule has 5 rings (SSSR count). The Bertz CT molecular complexity index is 1130. The number of amides is 1. The van der Waals surface area contributed by atoms with Gasteiger partial charge in [0, 0.05) is 36.5 Å². The van der Waals surface area contributed by atoms with E-state index in [0.717, 1.165) is 75.1 Å². The maximum Gasteiger partial charge on any atom is 0.272 e.